The van der Waals surface area contributed by atoms with Crippen molar-refractivity contribution in [2.45, 2.75) is 58.2 Å². The highest BCUT2D eigenvalue weighted by atomic mass is 16.5. The second kappa shape index (κ2) is 7.85. The standard InChI is InChI=1S/C22H28O2/c1-16-12-17(2)14-18(13-16)15-24-22-10-6-20(7-11-22)19-4-8-21(23-3)9-5-19/h4-5,8-9,12-14,20,22H,6-7,10-11,15H2,1-3H3. The van der Waals surface area contributed by atoms with Crippen molar-refractivity contribution in [2.24, 2.45) is 0 Å². The first kappa shape index (κ1) is 17.0. The van der Waals surface area contributed by atoms with Crippen LogP contribution in [0.5, 0.6) is 5.75 Å². The van der Waals surface area contributed by atoms with E-state index in [2.05, 4.69) is 56.3 Å². The summed E-state index contributed by atoms with van der Waals surface area (Å²) in [7, 11) is 1.72. The molecule has 1 saturated carbocycles. The van der Waals surface area contributed by atoms with E-state index in [4.69, 9.17) is 9.47 Å². The van der Waals surface area contributed by atoms with Crippen LogP contribution in [0.1, 0.15) is 53.9 Å². The molecule has 0 atom stereocenters. The zero-order chi connectivity index (χ0) is 16.9. The van der Waals surface area contributed by atoms with Crippen LogP contribution in [0, 0.1) is 13.8 Å². The molecule has 0 unspecified atom stereocenters. The third-order valence-electron chi connectivity index (χ3n) is 5.03. The molecule has 0 aromatic heterocycles. The number of ether oxygens (including phenoxy) is 2. The molecule has 0 spiro atoms. The first-order valence-corrected chi connectivity index (χ1v) is 8.97. The maximum absolute atomic E-state index is 6.18. The van der Waals surface area contributed by atoms with Gasteiger partial charge in [0.25, 0.3) is 0 Å². The number of hydrogen-bond acceptors (Lipinski definition) is 2. The van der Waals surface area contributed by atoms with Gasteiger partial charge in [0, 0.05) is 0 Å². The zero-order valence-corrected chi connectivity index (χ0v) is 15.0. The van der Waals surface area contributed by atoms with Crippen LogP contribution in [0.15, 0.2) is 42.5 Å². The number of methoxy groups -OCH3 is 1. The van der Waals surface area contributed by atoms with Crippen molar-refractivity contribution in [1.82, 2.24) is 0 Å². The molecule has 0 saturated heterocycles. The average molecular weight is 324 g/mol. The first-order chi connectivity index (χ1) is 11.6. The predicted octanol–water partition coefficient (Wildman–Crippen LogP) is 5.56. The minimum atomic E-state index is 0.403. The van der Waals surface area contributed by atoms with E-state index in [1.54, 1.807) is 7.11 Å². The van der Waals surface area contributed by atoms with Gasteiger partial charge < -0.3 is 9.47 Å². The lowest BCUT2D eigenvalue weighted by Gasteiger charge is -2.29. The van der Waals surface area contributed by atoms with E-state index in [0.29, 0.717) is 12.0 Å². The number of benzene rings is 2. The van der Waals surface area contributed by atoms with Gasteiger partial charge in [-0.05, 0) is 68.7 Å². The number of rotatable bonds is 5. The summed E-state index contributed by atoms with van der Waals surface area (Å²) in [5.74, 6) is 1.60. The number of aryl methyl sites for hydroxylation is 2. The third-order valence-corrected chi connectivity index (χ3v) is 5.03. The molecule has 2 heteroatoms. The van der Waals surface area contributed by atoms with Crippen LogP contribution >= 0.6 is 0 Å². The highest BCUT2D eigenvalue weighted by Gasteiger charge is 2.22. The van der Waals surface area contributed by atoms with Gasteiger partial charge in [0.2, 0.25) is 0 Å². The molecule has 0 amide bonds. The van der Waals surface area contributed by atoms with Crippen molar-refractivity contribution in [2.75, 3.05) is 7.11 Å². The van der Waals surface area contributed by atoms with E-state index in [9.17, 15) is 0 Å². The highest BCUT2D eigenvalue weighted by Crippen LogP contribution is 2.35. The lowest BCUT2D eigenvalue weighted by molar-refractivity contribution is 0.0133. The van der Waals surface area contributed by atoms with E-state index in [0.717, 1.165) is 25.2 Å². The van der Waals surface area contributed by atoms with Gasteiger partial charge in [0.15, 0.2) is 0 Å². The average Bonchev–Trinajstić information content (AvgIpc) is 2.60. The van der Waals surface area contributed by atoms with Gasteiger partial charge in [-0.15, -0.1) is 0 Å². The molecular formula is C22H28O2. The fourth-order valence-corrected chi connectivity index (χ4v) is 3.81. The van der Waals surface area contributed by atoms with Crippen LogP contribution in [0.4, 0.5) is 0 Å². The van der Waals surface area contributed by atoms with Gasteiger partial charge in [-0.3, -0.25) is 0 Å². The van der Waals surface area contributed by atoms with E-state index in [1.165, 1.54) is 35.1 Å². The summed E-state index contributed by atoms with van der Waals surface area (Å²) in [4.78, 5) is 0. The summed E-state index contributed by atoms with van der Waals surface area (Å²) >= 11 is 0. The molecule has 1 aliphatic carbocycles. The molecule has 128 valence electrons. The molecule has 0 aliphatic heterocycles. The lowest BCUT2D eigenvalue weighted by Crippen LogP contribution is -2.20. The Labute approximate surface area is 145 Å². The van der Waals surface area contributed by atoms with Gasteiger partial charge in [-0.1, -0.05) is 41.5 Å². The summed E-state index contributed by atoms with van der Waals surface area (Å²) < 4.78 is 11.4. The Bertz CT molecular complexity index is 632. The van der Waals surface area contributed by atoms with Crippen molar-refractivity contribution < 1.29 is 9.47 Å². The molecule has 24 heavy (non-hydrogen) atoms. The fraction of sp³-hybridized carbons (Fsp3) is 0.455. The molecule has 0 heterocycles. The fourth-order valence-electron chi connectivity index (χ4n) is 3.81. The van der Waals surface area contributed by atoms with E-state index in [-0.39, 0.29) is 0 Å². The van der Waals surface area contributed by atoms with Crippen molar-refractivity contribution in [3.63, 3.8) is 0 Å². The smallest absolute Gasteiger partial charge is 0.118 e. The summed E-state index contributed by atoms with van der Waals surface area (Å²) in [6, 6.07) is 15.2. The van der Waals surface area contributed by atoms with Gasteiger partial charge in [0.1, 0.15) is 5.75 Å². The molecule has 0 bridgehead atoms. The van der Waals surface area contributed by atoms with Crippen molar-refractivity contribution in [1.29, 1.82) is 0 Å². The van der Waals surface area contributed by atoms with Gasteiger partial charge in [0.05, 0.1) is 19.8 Å². The normalized spacial score (nSPS) is 20.8. The van der Waals surface area contributed by atoms with Crippen LogP contribution in [-0.2, 0) is 11.3 Å². The highest BCUT2D eigenvalue weighted by molar-refractivity contribution is 5.30. The third kappa shape index (κ3) is 4.39. The summed E-state index contributed by atoms with van der Waals surface area (Å²) in [5.41, 5.74) is 5.36. The Balaban J connectivity index is 1.49. The Kier molecular flexibility index (Phi) is 5.57. The second-order valence-corrected chi connectivity index (χ2v) is 7.05. The van der Waals surface area contributed by atoms with Gasteiger partial charge in [-0.2, -0.15) is 0 Å². The maximum Gasteiger partial charge on any atom is 0.118 e. The summed E-state index contributed by atoms with van der Waals surface area (Å²) in [6.45, 7) is 5.04. The quantitative estimate of drug-likeness (QED) is 0.717. The van der Waals surface area contributed by atoms with Crippen LogP contribution in [-0.4, -0.2) is 13.2 Å². The molecule has 2 aromatic rings. The van der Waals surface area contributed by atoms with E-state index < -0.39 is 0 Å². The van der Waals surface area contributed by atoms with Gasteiger partial charge in [-0.25, -0.2) is 0 Å². The lowest BCUT2D eigenvalue weighted by atomic mass is 9.83. The van der Waals surface area contributed by atoms with Gasteiger partial charge >= 0.3 is 0 Å². The van der Waals surface area contributed by atoms with Crippen LogP contribution in [0.3, 0.4) is 0 Å². The molecule has 1 aliphatic rings. The van der Waals surface area contributed by atoms with E-state index in [1.807, 2.05) is 0 Å². The largest absolute Gasteiger partial charge is 0.497 e. The van der Waals surface area contributed by atoms with Crippen LogP contribution < -0.4 is 4.74 Å². The van der Waals surface area contributed by atoms with E-state index >= 15 is 0 Å². The van der Waals surface area contributed by atoms with Crippen molar-refractivity contribution >= 4 is 0 Å². The second-order valence-electron chi connectivity index (χ2n) is 7.05. The summed E-state index contributed by atoms with van der Waals surface area (Å²) in [6.07, 6.45) is 5.14. The predicted molar refractivity (Wildman–Crippen MR) is 98.7 cm³/mol. The molecule has 2 nitrogen and oxygen atoms in total. The topological polar surface area (TPSA) is 18.5 Å². The Morgan fingerprint density at radius 1 is 0.875 bits per heavy atom. The molecular weight excluding hydrogens is 296 g/mol. The zero-order valence-electron chi connectivity index (χ0n) is 15.0. The molecule has 0 radical (unpaired) electrons. The monoisotopic (exact) mass is 324 g/mol. The SMILES string of the molecule is COc1ccc(C2CCC(OCc3cc(C)cc(C)c3)CC2)cc1. The summed E-state index contributed by atoms with van der Waals surface area (Å²) in [5, 5.41) is 0. The van der Waals surface area contributed by atoms with Crippen molar-refractivity contribution in [3.05, 3.63) is 64.7 Å². The van der Waals surface area contributed by atoms with Crippen molar-refractivity contribution in [3.8, 4) is 5.75 Å². The molecule has 1 fully saturated rings. The molecule has 3 rings (SSSR count). The Hall–Kier alpha value is -1.80. The minimum Gasteiger partial charge on any atom is -0.497 e. The van der Waals surface area contributed by atoms with Crippen LogP contribution in [0.2, 0.25) is 0 Å². The molecule has 0 N–H and O–H groups in total. The maximum atomic E-state index is 6.18. The van der Waals surface area contributed by atoms with Crippen LogP contribution in [0.25, 0.3) is 0 Å². The first-order valence-electron chi connectivity index (χ1n) is 8.97. The number of hydrogen-bond donors (Lipinski definition) is 0. The Morgan fingerprint density at radius 2 is 1.50 bits per heavy atom. The Morgan fingerprint density at radius 3 is 2.08 bits per heavy atom. The molecule has 2 aromatic carbocycles. The minimum absolute atomic E-state index is 0.403.